The molecular formula is C13H15FN4O2. The molecule has 0 aliphatic rings. The fourth-order valence-electron chi connectivity index (χ4n) is 1.87. The predicted molar refractivity (Wildman–Crippen MR) is 73.0 cm³/mol. The number of aryl methyl sites for hydroxylation is 1. The first-order chi connectivity index (χ1) is 9.51. The highest BCUT2D eigenvalue weighted by Crippen LogP contribution is 2.28. The Morgan fingerprint density at radius 1 is 1.55 bits per heavy atom. The average Bonchev–Trinajstić information content (AvgIpc) is 2.89. The molecule has 1 N–H and O–H groups in total. The molecule has 0 saturated carbocycles. The van der Waals surface area contributed by atoms with Gasteiger partial charge in [-0.3, -0.25) is 14.8 Å². The minimum absolute atomic E-state index is 0.167. The van der Waals surface area contributed by atoms with Crippen LogP contribution in [-0.2, 0) is 6.54 Å². The van der Waals surface area contributed by atoms with E-state index in [2.05, 4.69) is 10.4 Å². The molecular weight excluding hydrogens is 263 g/mol. The van der Waals surface area contributed by atoms with Gasteiger partial charge in [-0.05, 0) is 26.0 Å². The van der Waals surface area contributed by atoms with Crippen LogP contribution in [0.4, 0.5) is 15.8 Å². The van der Waals surface area contributed by atoms with E-state index < -0.39 is 10.7 Å². The van der Waals surface area contributed by atoms with Crippen LogP contribution in [-0.4, -0.2) is 14.7 Å². The monoisotopic (exact) mass is 278 g/mol. The van der Waals surface area contributed by atoms with Gasteiger partial charge in [0.1, 0.15) is 11.5 Å². The molecule has 1 heterocycles. The molecule has 7 heteroatoms. The summed E-state index contributed by atoms with van der Waals surface area (Å²) >= 11 is 0. The lowest BCUT2D eigenvalue weighted by Gasteiger charge is -2.13. The van der Waals surface area contributed by atoms with Gasteiger partial charge in [0, 0.05) is 18.3 Å². The van der Waals surface area contributed by atoms with Crippen LogP contribution in [0.25, 0.3) is 0 Å². The highest BCUT2D eigenvalue weighted by Gasteiger charge is 2.17. The number of nitrogens with zero attached hydrogens (tertiary/aromatic N) is 3. The van der Waals surface area contributed by atoms with Crippen LogP contribution in [0.15, 0.2) is 30.6 Å². The second-order valence-corrected chi connectivity index (χ2v) is 4.41. The van der Waals surface area contributed by atoms with Crippen LogP contribution in [0.1, 0.15) is 25.5 Å². The Kier molecular flexibility index (Phi) is 3.97. The number of halogens is 1. The van der Waals surface area contributed by atoms with Gasteiger partial charge in [0.05, 0.1) is 23.2 Å². The van der Waals surface area contributed by atoms with E-state index in [4.69, 9.17) is 0 Å². The maximum atomic E-state index is 13.1. The molecule has 0 aliphatic heterocycles. The number of aromatic nitrogens is 2. The molecule has 0 fully saturated rings. The fourth-order valence-corrected chi connectivity index (χ4v) is 1.87. The highest BCUT2D eigenvalue weighted by molar-refractivity contribution is 5.62. The molecule has 0 aliphatic carbocycles. The van der Waals surface area contributed by atoms with Gasteiger partial charge >= 0.3 is 0 Å². The molecule has 1 aromatic carbocycles. The second-order valence-electron chi connectivity index (χ2n) is 4.41. The lowest BCUT2D eigenvalue weighted by Crippen LogP contribution is -2.08. The summed E-state index contributed by atoms with van der Waals surface area (Å²) in [7, 11) is 0. The van der Waals surface area contributed by atoms with Gasteiger partial charge in [0.2, 0.25) is 0 Å². The quantitative estimate of drug-likeness (QED) is 0.673. The van der Waals surface area contributed by atoms with Crippen molar-refractivity contribution >= 4 is 11.4 Å². The zero-order chi connectivity index (χ0) is 14.7. The van der Waals surface area contributed by atoms with E-state index in [9.17, 15) is 14.5 Å². The lowest BCUT2D eigenvalue weighted by atomic mass is 10.1. The molecule has 6 nitrogen and oxygen atoms in total. The minimum Gasteiger partial charge on any atom is -0.373 e. The smallest absolute Gasteiger partial charge is 0.295 e. The molecule has 1 aromatic heterocycles. The van der Waals surface area contributed by atoms with Crippen molar-refractivity contribution in [3.8, 4) is 0 Å². The number of nitrogens with one attached hydrogen (secondary N) is 1. The first-order valence-electron chi connectivity index (χ1n) is 6.24. The Labute approximate surface area is 115 Å². The van der Waals surface area contributed by atoms with Gasteiger partial charge in [-0.1, -0.05) is 0 Å². The molecule has 1 unspecified atom stereocenters. The van der Waals surface area contributed by atoms with Crippen molar-refractivity contribution in [2.75, 3.05) is 5.32 Å². The first kappa shape index (κ1) is 14.0. The summed E-state index contributed by atoms with van der Waals surface area (Å²) in [5.41, 5.74) is 0.915. The van der Waals surface area contributed by atoms with E-state index in [1.807, 2.05) is 20.0 Å². The zero-order valence-electron chi connectivity index (χ0n) is 11.2. The number of hydrogen-bond donors (Lipinski definition) is 1. The summed E-state index contributed by atoms with van der Waals surface area (Å²) in [5.74, 6) is -0.631. The SMILES string of the molecule is CCn1cc(C(C)Nc2ccc(F)cc2[N+](=O)[O-])cn1. The Morgan fingerprint density at radius 3 is 2.90 bits per heavy atom. The summed E-state index contributed by atoms with van der Waals surface area (Å²) in [4.78, 5) is 10.3. The third-order valence-electron chi connectivity index (χ3n) is 3.01. The second kappa shape index (κ2) is 5.68. The fraction of sp³-hybridized carbons (Fsp3) is 0.308. The van der Waals surface area contributed by atoms with Gasteiger partial charge in [0.15, 0.2) is 0 Å². The zero-order valence-corrected chi connectivity index (χ0v) is 11.2. The normalized spacial score (nSPS) is 12.2. The number of hydrogen-bond acceptors (Lipinski definition) is 4. The van der Waals surface area contributed by atoms with E-state index in [0.717, 1.165) is 18.2 Å². The van der Waals surface area contributed by atoms with Gasteiger partial charge in [-0.15, -0.1) is 0 Å². The molecule has 106 valence electrons. The molecule has 0 saturated heterocycles. The number of nitro groups is 1. The van der Waals surface area contributed by atoms with E-state index in [1.54, 1.807) is 10.9 Å². The molecule has 0 amide bonds. The molecule has 2 aromatic rings. The van der Waals surface area contributed by atoms with E-state index in [1.165, 1.54) is 12.1 Å². The summed E-state index contributed by atoms with van der Waals surface area (Å²) in [6.45, 7) is 4.59. The Morgan fingerprint density at radius 2 is 2.30 bits per heavy atom. The van der Waals surface area contributed by atoms with Crippen LogP contribution >= 0.6 is 0 Å². The van der Waals surface area contributed by atoms with Crippen LogP contribution < -0.4 is 5.32 Å². The van der Waals surface area contributed by atoms with Crippen molar-refractivity contribution in [3.05, 3.63) is 52.1 Å². The highest BCUT2D eigenvalue weighted by atomic mass is 19.1. The summed E-state index contributed by atoms with van der Waals surface area (Å²) in [5, 5.41) is 18.1. The standard InChI is InChI=1S/C13H15FN4O2/c1-3-17-8-10(7-15-17)9(2)16-12-5-4-11(14)6-13(12)18(19)20/h4-9,16H,3H2,1-2H3. The van der Waals surface area contributed by atoms with Gasteiger partial charge in [-0.25, -0.2) is 4.39 Å². The number of rotatable bonds is 5. The van der Waals surface area contributed by atoms with Crippen molar-refractivity contribution in [1.29, 1.82) is 0 Å². The summed E-state index contributed by atoms with van der Waals surface area (Å²) < 4.78 is 14.8. The van der Waals surface area contributed by atoms with E-state index in [0.29, 0.717) is 0 Å². The molecule has 1 atom stereocenters. The van der Waals surface area contributed by atoms with Crippen LogP contribution in [0.2, 0.25) is 0 Å². The van der Waals surface area contributed by atoms with Crippen LogP contribution in [0, 0.1) is 15.9 Å². The molecule has 0 spiro atoms. The molecule has 0 bridgehead atoms. The molecule has 2 rings (SSSR count). The number of anilines is 1. The Hall–Kier alpha value is -2.44. The maximum Gasteiger partial charge on any atom is 0.295 e. The van der Waals surface area contributed by atoms with Crippen molar-refractivity contribution < 1.29 is 9.31 Å². The van der Waals surface area contributed by atoms with Crippen LogP contribution in [0.5, 0.6) is 0 Å². The Bertz CT molecular complexity index is 627. The summed E-state index contributed by atoms with van der Waals surface area (Å²) in [6.07, 6.45) is 3.57. The molecule has 0 radical (unpaired) electrons. The van der Waals surface area contributed by atoms with E-state index >= 15 is 0 Å². The third kappa shape index (κ3) is 2.93. The molecule has 20 heavy (non-hydrogen) atoms. The van der Waals surface area contributed by atoms with Crippen molar-refractivity contribution in [2.24, 2.45) is 0 Å². The number of benzene rings is 1. The van der Waals surface area contributed by atoms with Crippen LogP contribution in [0.3, 0.4) is 0 Å². The van der Waals surface area contributed by atoms with Gasteiger partial charge < -0.3 is 5.32 Å². The average molecular weight is 278 g/mol. The first-order valence-corrected chi connectivity index (χ1v) is 6.24. The number of nitro benzene ring substituents is 1. The largest absolute Gasteiger partial charge is 0.373 e. The Balaban J connectivity index is 2.23. The third-order valence-corrected chi connectivity index (χ3v) is 3.01. The minimum atomic E-state index is -0.631. The van der Waals surface area contributed by atoms with Crippen molar-refractivity contribution in [3.63, 3.8) is 0 Å². The van der Waals surface area contributed by atoms with E-state index in [-0.39, 0.29) is 17.4 Å². The maximum absolute atomic E-state index is 13.1. The van der Waals surface area contributed by atoms with Crippen molar-refractivity contribution in [2.45, 2.75) is 26.4 Å². The van der Waals surface area contributed by atoms with Gasteiger partial charge in [0.25, 0.3) is 5.69 Å². The topological polar surface area (TPSA) is 73.0 Å². The van der Waals surface area contributed by atoms with Gasteiger partial charge in [-0.2, -0.15) is 5.10 Å². The predicted octanol–water partition coefficient (Wildman–Crippen LogP) is 3.12. The van der Waals surface area contributed by atoms with Crippen molar-refractivity contribution in [1.82, 2.24) is 9.78 Å². The summed E-state index contributed by atoms with van der Waals surface area (Å²) in [6, 6.07) is 3.30. The lowest BCUT2D eigenvalue weighted by molar-refractivity contribution is -0.384.